The van der Waals surface area contributed by atoms with Gasteiger partial charge in [0, 0.05) is 12.5 Å². The van der Waals surface area contributed by atoms with Crippen molar-refractivity contribution < 1.29 is 9.90 Å². The van der Waals surface area contributed by atoms with Gasteiger partial charge in [0.2, 0.25) is 5.91 Å². The van der Waals surface area contributed by atoms with Gasteiger partial charge in [0.1, 0.15) is 0 Å². The van der Waals surface area contributed by atoms with Crippen LogP contribution in [0.3, 0.4) is 0 Å². The predicted molar refractivity (Wildman–Crippen MR) is 62.5 cm³/mol. The molecule has 2 N–H and O–H groups in total. The molecule has 1 unspecified atom stereocenters. The lowest BCUT2D eigenvalue weighted by Gasteiger charge is -2.30. The Morgan fingerprint density at radius 1 is 1.33 bits per heavy atom. The van der Waals surface area contributed by atoms with E-state index in [1.165, 1.54) is 0 Å². The molecule has 1 amide bonds. The van der Waals surface area contributed by atoms with Crippen LogP contribution in [-0.4, -0.2) is 24.2 Å². The fourth-order valence-corrected chi connectivity index (χ4v) is 1.63. The third kappa shape index (κ3) is 5.78. The van der Waals surface area contributed by atoms with Crippen LogP contribution in [0.25, 0.3) is 0 Å². The Morgan fingerprint density at radius 3 is 2.20 bits per heavy atom. The Morgan fingerprint density at radius 2 is 1.87 bits per heavy atom. The van der Waals surface area contributed by atoms with E-state index in [1.807, 2.05) is 0 Å². The molecule has 0 bridgehead atoms. The molecule has 3 nitrogen and oxygen atoms in total. The third-order valence-electron chi connectivity index (χ3n) is 2.48. The predicted octanol–water partition coefficient (Wildman–Crippen LogP) is 1.80. The Hall–Kier alpha value is -0.570. The van der Waals surface area contributed by atoms with Gasteiger partial charge in [-0.2, -0.15) is 0 Å². The number of hydrogen-bond acceptors (Lipinski definition) is 2. The zero-order valence-electron chi connectivity index (χ0n) is 10.6. The molecule has 0 aliphatic heterocycles. The lowest BCUT2D eigenvalue weighted by Crippen LogP contribution is -2.39. The van der Waals surface area contributed by atoms with Crippen molar-refractivity contribution in [3.63, 3.8) is 0 Å². The van der Waals surface area contributed by atoms with Crippen LogP contribution in [0.5, 0.6) is 0 Å². The first kappa shape index (κ1) is 14.4. The Bertz CT molecular complexity index is 194. The molecule has 15 heavy (non-hydrogen) atoms. The Kier molecular flexibility index (Phi) is 5.88. The summed E-state index contributed by atoms with van der Waals surface area (Å²) in [7, 11) is 0. The standard InChI is InChI=1S/C12H25NO2/c1-9(2)8-10(12(3,4)5)11(15)13-6-7-14/h9-10,14H,6-8H2,1-5H3,(H,13,15). The normalized spacial score (nSPS) is 14.1. The first-order valence-corrected chi connectivity index (χ1v) is 5.67. The van der Waals surface area contributed by atoms with Gasteiger partial charge in [-0.1, -0.05) is 34.6 Å². The molecule has 0 saturated carbocycles. The molecule has 3 heteroatoms. The first-order valence-electron chi connectivity index (χ1n) is 5.67. The molecule has 0 aromatic carbocycles. The summed E-state index contributed by atoms with van der Waals surface area (Å²) in [6.45, 7) is 10.8. The van der Waals surface area contributed by atoms with Gasteiger partial charge in [-0.3, -0.25) is 4.79 Å². The SMILES string of the molecule is CC(C)CC(C(=O)NCCO)C(C)(C)C. The molecular formula is C12H25NO2. The summed E-state index contributed by atoms with van der Waals surface area (Å²) in [5.74, 6) is 0.586. The summed E-state index contributed by atoms with van der Waals surface area (Å²) in [6, 6.07) is 0. The minimum Gasteiger partial charge on any atom is -0.395 e. The number of hydrogen-bond donors (Lipinski definition) is 2. The quantitative estimate of drug-likeness (QED) is 0.734. The number of rotatable bonds is 5. The van der Waals surface area contributed by atoms with Gasteiger partial charge in [0.15, 0.2) is 0 Å². The van der Waals surface area contributed by atoms with Crippen molar-refractivity contribution in [1.82, 2.24) is 5.32 Å². The van der Waals surface area contributed by atoms with Gasteiger partial charge in [0.25, 0.3) is 0 Å². The molecule has 0 radical (unpaired) electrons. The molecule has 0 spiro atoms. The highest BCUT2D eigenvalue weighted by Crippen LogP contribution is 2.31. The van der Waals surface area contributed by atoms with Gasteiger partial charge in [-0.25, -0.2) is 0 Å². The Labute approximate surface area is 93.3 Å². The van der Waals surface area contributed by atoms with Crippen molar-refractivity contribution in [2.45, 2.75) is 41.0 Å². The molecule has 0 fully saturated rings. The lowest BCUT2D eigenvalue weighted by molar-refractivity contribution is -0.129. The summed E-state index contributed by atoms with van der Waals surface area (Å²) in [6.07, 6.45) is 0.890. The van der Waals surface area contributed by atoms with Crippen LogP contribution < -0.4 is 5.32 Å². The minimum atomic E-state index is -0.0240. The van der Waals surface area contributed by atoms with Crippen molar-refractivity contribution >= 4 is 5.91 Å². The molecular weight excluding hydrogens is 190 g/mol. The average Bonchev–Trinajstić information content (AvgIpc) is 2.08. The molecule has 90 valence electrons. The van der Waals surface area contributed by atoms with Crippen molar-refractivity contribution in [2.75, 3.05) is 13.2 Å². The average molecular weight is 215 g/mol. The van der Waals surface area contributed by atoms with E-state index in [0.29, 0.717) is 12.5 Å². The highest BCUT2D eigenvalue weighted by molar-refractivity contribution is 5.79. The van der Waals surface area contributed by atoms with Crippen molar-refractivity contribution in [1.29, 1.82) is 0 Å². The van der Waals surface area contributed by atoms with E-state index in [9.17, 15) is 4.79 Å². The summed E-state index contributed by atoms with van der Waals surface area (Å²) in [4.78, 5) is 11.9. The van der Waals surface area contributed by atoms with Crippen LogP contribution in [0.15, 0.2) is 0 Å². The van der Waals surface area contributed by atoms with Crippen LogP contribution in [0, 0.1) is 17.3 Å². The van der Waals surface area contributed by atoms with E-state index >= 15 is 0 Å². The number of carbonyl (C=O) groups excluding carboxylic acids is 1. The second-order valence-corrected chi connectivity index (χ2v) is 5.56. The molecule has 0 rings (SSSR count). The summed E-state index contributed by atoms with van der Waals surface area (Å²) < 4.78 is 0. The van der Waals surface area contributed by atoms with Gasteiger partial charge < -0.3 is 10.4 Å². The van der Waals surface area contributed by atoms with E-state index in [0.717, 1.165) is 6.42 Å². The number of amides is 1. The lowest BCUT2D eigenvalue weighted by atomic mass is 9.76. The number of aliphatic hydroxyl groups is 1. The minimum absolute atomic E-state index is 0.00425. The van der Waals surface area contributed by atoms with Crippen LogP contribution in [0.4, 0.5) is 0 Å². The summed E-state index contributed by atoms with van der Waals surface area (Å²) >= 11 is 0. The smallest absolute Gasteiger partial charge is 0.223 e. The topological polar surface area (TPSA) is 49.3 Å². The second kappa shape index (κ2) is 6.11. The number of nitrogens with one attached hydrogen (secondary N) is 1. The van der Waals surface area contributed by atoms with Crippen molar-refractivity contribution in [3.8, 4) is 0 Å². The van der Waals surface area contributed by atoms with E-state index < -0.39 is 0 Å². The van der Waals surface area contributed by atoms with E-state index in [-0.39, 0.29) is 23.8 Å². The maximum absolute atomic E-state index is 11.9. The van der Waals surface area contributed by atoms with Crippen LogP contribution >= 0.6 is 0 Å². The zero-order chi connectivity index (χ0) is 12.1. The monoisotopic (exact) mass is 215 g/mol. The van der Waals surface area contributed by atoms with Gasteiger partial charge in [-0.15, -0.1) is 0 Å². The highest BCUT2D eigenvalue weighted by atomic mass is 16.3. The molecule has 0 aromatic rings. The number of carbonyl (C=O) groups is 1. The zero-order valence-corrected chi connectivity index (χ0v) is 10.6. The maximum Gasteiger partial charge on any atom is 0.223 e. The largest absolute Gasteiger partial charge is 0.395 e. The Balaban J connectivity index is 4.42. The molecule has 0 aliphatic carbocycles. The van der Waals surface area contributed by atoms with E-state index in [1.54, 1.807) is 0 Å². The van der Waals surface area contributed by atoms with Crippen LogP contribution in [0.2, 0.25) is 0 Å². The fraction of sp³-hybridized carbons (Fsp3) is 0.917. The fourth-order valence-electron chi connectivity index (χ4n) is 1.63. The summed E-state index contributed by atoms with van der Waals surface area (Å²) in [5.41, 5.74) is -0.0240. The van der Waals surface area contributed by atoms with E-state index in [2.05, 4.69) is 39.9 Å². The van der Waals surface area contributed by atoms with Crippen LogP contribution in [-0.2, 0) is 4.79 Å². The first-order chi connectivity index (χ1) is 6.79. The van der Waals surface area contributed by atoms with Gasteiger partial charge in [0.05, 0.1) is 6.61 Å². The number of aliphatic hydroxyl groups excluding tert-OH is 1. The van der Waals surface area contributed by atoms with Gasteiger partial charge in [-0.05, 0) is 17.8 Å². The maximum atomic E-state index is 11.9. The third-order valence-corrected chi connectivity index (χ3v) is 2.48. The van der Waals surface area contributed by atoms with Crippen LogP contribution in [0.1, 0.15) is 41.0 Å². The molecule has 0 aliphatic rings. The summed E-state index contributed by atoms with van der Waals surface area (Å²) in [5, 5.41) is 11.4. The molecule has 0 heterocycles. The van der Waals surface area contributed by atoms with Crippen molar-refractivity contribution in [3.05, 3.63) is 0 Å². The van der Waals surface area contributed by atoms with Gasteiger partial charge >= 0.3 is 0 Å². The van der Waals surface area contributed by atoms with E-state index in [4.69, 9.17) is 5.11 Å². The molecule has 1 atom stereocenters. The highest BCUT2D eigenvalue weighted by Gasteiger charge is 2.31. The second-order valence-electron chi connectivity index (χ2n) is 5.56. The molecule has 0 aromatic heterocycles. The van der Waals surface area contributed by atoms with Crippen molar-refractivity contribution in [2.24, 2.45) is 17.3 Å². The molecule has 0 saturated heterocycles.